The molecule has 1 aromatic carbocycles. The molecular weight excluding hydrogens is 354 g/mol. The molecule has 1 amide bonds. The first-order chi connectivity index (χ1) is 13.2. The Balaban J connectivity index is 2.19. The number of anilines is 1. The number of hydrogen-bond donors (Lipinski definition) is 1. The van der Waals surface area contributed by atoms with Crippen molar-refractivity contribution in [2.24, 2.45) is 5.41 Å². The second kappa shape index (κ2) is 7.40. The van der Waals surface area contributed by atoms with Gasteiger partial charge in [0.1, 0.15) is 0 Å². The summed E-state index contributed by atoms with van der Waals surface area (Å²) in [5.41, 5.74) is 1.88. The third-order valence-corrected chi connectivity index (χ3v) is 5.19. The van der Waals surface area contributed by atoms with Gasteiger partial charge in [0, 0.05) is 18.2 Å². The number of ether oxygens (including phenoxy) is 1. The summed E-state index contributed by atoms with van der Waals surface area (Å²) in [5, 5.41) is 10.7. The number of carbonyl (C=O) groups excluding carboxylic acids is 2. The summed E-state index contributed by atoms with van der Waals surface area (Å²) in [6.45, 7) is 7.32. The maximum atomic E-state index is 13.2. The smallest absolute Gasteiger partial charge is 0.294 e. The Hall–Kier alpha value is -2.66. The van der Waals surface area contributed by atoms with Crippen molar-refractivity contribution in [1.82, 2.24) is 0 Å². The molecule has 2 atom stereocenters. The molecule has 0 saturated carbocycles. The van der Waals surface area contributed by atoms with Gasteiger partial charge in [0.25, 0.3) is 5.91 Å². The highest BCUT2D eigenvalue weighted by atomic mass is 16.5. The van der Waals surface area contributed by atoms with Crippen LogP contribution < -0.4 is 4.90 Å². The molecule has 2 unspecified atom stereocenters. The molecule has 0 fully saturated rings. The fourth-order valence-electron chi connectivity index (χ4n) is 3.65. The van der Waals surface area contributed by atoms with Gasteiger partial charge in [-0.15, -0.1) is 0 Å². The lowest BCUT2D eigenvalue weighted by atomic mass is 9.80. The molecule has 0 bridgehead atoms. The summed E-state index contributed by atoms with van der Waals surface area (Å²) in [6, 6.07) is 6.78. The van der Waals surface area contributed by atoms with Crippen molar-refractivity contribution >= 4 is 17.4 Å². The quantitative estimate of drug-likeness (QED) is 0.855. The van der Waals surface area contributed by atoms with E-state index in [1.807, 2.05) is 49.4 Å². The van der Waals surface area contributed by atoms with Gasteiger partial charge < -0.3 is 9.84 Å². The third-order valence-electron chi connectivity index (χ3n) is 5.19. The largest absolute Gasteiger partial charge is 0.503 e. The zero-order chi connectivity index (χ0) is 20.6. The Kier molecular flexibility index (Phi) is 5.31. The zero-order valence-corrected chi connectivity index (χ0v) is 17.0. The predicted molar refractivity (Wildman–Crippen MR) is 109 cm³/mol. The Morgan fingerprint density at radius 1 is 1.21 bits per heavy atom. The average Bonchev–Trinajstić information content (AvgIpc) is 2.92. The maximum absolute atomic E-state index is 13.2. The molecule has 1 aromatic rings. The fraction of sp³-hybridized carbons (Fsp3) is 0.391. The van der Waals surface area contributed by atoms with E-state index in [2.05, 4.69) is 0 Å². The second-order valence-electron chi connectivity index (χ2n) is 8.31. The number of carbonyl (C=O) groups is 2. The Labute approximate surface area is 166 Å². The first-order valence-corrected chi connectivity index (χ1v) is 9.44. The number of aryl methyl sites for hydroxylation is 1. The molecule has 0 radical (unpaired) electrons. The van der Waals surface area contributed by atoms with Crippen molar-refractivity contribution in [3.63, 3.8) is 0 Å². The minimum Gasteiger partial charge on any atom is -0.503 e. The van der Waals surface area contributed by atoms with Crippen molar-refractivity contribution < 1.29 is 19.4 Å². The normalized spacial score (nSPS) is 22.7. The van der Waals surface area contributed by atoms with Gasteiger partial charge in [-0.3, -0.25) is 14.5 Å². The number of nitrogens with zero attached hydrogens (tertiary/aromatic N) is 1. The molecule has 1 heterocycles. The fourth-order valence-corrected chi connectivity index (χ4v) is 3.65. The molecule has 1 N–H and O–H groups in total. The predicted octanol–water partition coefficient (Wildman–Crippen LogP) is 4.04. The van der Waals surface area contributed by atoms with Gasteiger partial charge in [0.15, 0.2) is 11.5 Å². The van der Waals surface area contributed by atoms with Crippen molar-refractivity contribution in [3.05, 3.63) is 65.0 Å². The summed E-state index contributed by atoms with van der Waals surface area (Å²) in [7, 11) is 1.61. The van der Waals surface area contributed by atoms with Crippen LogP contribution in [0.3, 0.4) is 0 Å². The molecule has 5 nitrogen and oxygen atoms in total. The van der Waals surface area contributed by atoms with E-state index >= 15 is 0 Å². The second-order valence-corrected chi connectivity index (χ2v) is 8.31. The molecule has 0 aromatic heterocycles. The lowest BCUT2D eigenvalue weighted by molar-refractivity contribution is -0.123. The van der Waals surface area contributed by atoms with E-state index < -0.39 is 23.1 Å². The van der Waals surface area contributed by atoms with Gasteiger partial charge in [0.05, 0.1) is 17.7 Å². The van der Waals surface area contributed by atoms with Crippen LogP contribution in [0.25, 0.3) is 0 Å². The Morgan fingerprint density at radius 3 is 2.43 bits per heavy atom. The molecule has 1 aliphatic carbocycles. The number of benzene rings is 1. The molecule has 0 saturated heterocycles. The van der Waals surface area contributed by atoms with Crippen molar-refractivity contribution in [2.75, 3.05) is 12.0 Å². The lowest BCUT2D eigenvalue weighted by Gasteiger charge is -2.34. The van der Waals surface area contributed by atoms with E-state index in [9.17, 15) is 14.7 Å². The highest BCUT2D eigenvalue weighted by molar-refractivity contribution is 6.18. The van der Waals surface area contributed by atoms with E-state index in [4.69, 9.17) is 4.74 Å². The SMILES string of the molecule is COC1CC=CC=C1C1C(C(=O)C(C)(C)C)=C(O)C(=O)N1c1ccc(C)cc1. The number of rotatable bonds is 4. The van der Waals surface area contributed by atoms with Crippen molar-refractivity contribution in [2.45, 2.75) is 46.3 Å². The van der Waals surface area contributed by atoms with Crippen LogP contribution in [0.4, 0.5) is 5.69 Å². The number of ketones is 1. The molecule has 0 spiro atoms. The molecular formula is C23H27NO4. The van der Waals surface area contributed by atoms with Gasteiger partial charge in [-0.1, -0.05) is 56.7 Å². The average molecular weight is 381 g/mol. The summed E-state index contributed by atoms with van der Waals surface area (Å²) < 4.78 is 5.63. The van der Waals surface area contributed by atoms with Gasteiger partial charge in [-0.05, 0) is 31.1 Å². The van der Waals surface area contributed by atoms with Crippen LogP contribution in [0, 0.1) is 12.3 Å². The third kappa shape index (κ3) is 3.42. The van der Waals surface area contributed by atoms with Crippen LogP contribution in [-0.2, 0) is 14.3 Å². The number of aliphatic hydroxyl groups excluding tert-OH is 1. The van der Waals surface area contributed by atoms with Crippen LogP contribution in [0.5, 0.6) is 0 Å². The summed E-state index contributed by atoms with van der Waals surface area (Å²) in [4.78, 5) is 27.8. The number of aliphatic hydroxyl groups is 1. The monoisotopic (exact) mass is 381 g/mol. The van der Waals surface area contributed by atoms with Crippen LogP contribution in [0.15, 0.2) is 59.4 Å². The van der Waals surface area contributed by atoms with E-state index in [0.717, 1.165) is 11.1 Å². The first-order valence-electron chi connectivity index (χ1n) is 9.44. The number of hydrogen-bond acceptors (Lipinski definition) is 4. The van der Waals surface area contributed by atoms with Gasteiger partial charge in [0.2, 0.25) is 0 Å². The summed E-state index contributed by atoms with van der Waals surface area (Å²) in [6.07, 6.45) is 6.14. The highest BCUT2D eigenvalue weighted by Crippen LogP contribution is 2.40. The van der Waals surface area contributed by atoms with Crippen LogP contribution in [-0.4, -0.2) is 36.1 Å². The van der Waals surface area contributed by atoms with E-state index in [0.29, 0.717) is 12.1 Å². The topological polar surface area (TPSA) is 66.8 Å². The van der Waals surface area contributed by atoms with Crippen LogP contribution in [0.2, 0.25) is 0 Å². The standard InChI is InChI=1S/C23H27NO4/c1-14-10-12-15(13-11-14)24-19(16-8-6-7-9-17(16)28-5)18(20(25)22(24)27)21(26)23(2,3)4/h6-8,10-13,17,19,25H,9H2,1-5H3. The number of amides is 1. The Bertz CT molecular complexity index is 884. The van der Waals surface area contributed by atoms with Gasteiger partial charge >= 0.3 is 0 Å². The summed E-state index contributed by atoms with van der Waals surface area (Å²) >= 11 is 0. The minimum atomic E-state index is -0.737. The maximum Gasteiger partial charge on any atom is 0.294 e. The van der Waals surface area contributed by atoms with E-state index in [-0.39, 0.29) is 17.5 Å². The van der Waals surface area contributed by atoms with Gasteiger partial charge in [-0.2, -0.15) is 0 Å². The van der Waals surface area contributed by atoms with E-state index in [1.54, 1.807) is 27.9 Å². The number of allylic oxidation sites excluding steroid dienone is 2. The van der Waals surface area contributed by atoms with Crippen molar-refractivity contribution in [1.29, 1.82) is 0 Å². The molecule has 28 heavy (non-hydrogen) atoms. The zero-order valence-electron chi connectivity index (χ0n) is 17.0. The van der Waals surface area contributed by atoms with E-state index in [1.165, 1.54) is 4.90 Å². The Morgan fingerprint density at radius 2 is 1.86 bits per heavy atom. The molecule has 148 valence electrons. The van der Waals surface area contributed by atoms with Crippen molar-refractivity contribution in [3.8, 4) is 0 Å². The minimum absolute atomic E-state index is 0.140. The van der Waals surface area contributed by atoms with Crippen LogP contribution in [0.1, 0.15) is 32.8 Å². The molecule has 2 aliphatic rings. The lowest BCUT2D eigenvalue weighted by Crippen LogP contribution is -2.43. The number of methoxy groups -OCH3 is 1. The number of Topliss-reactive ketones (excluding diaryl/α,β-unsaturated/α-hetero) is 1. The van der Waals surface area contributed by atoms with Crippen LogP contribution >= 0.6 is 0 Å². The molecule has 3 rings (SSSR count). The summed E-state index contributed by atoms with van der Waals surface area (Å²) in [5.74, 6) is -1.29. The highest BCUT2D eigenvalue weighted by Gasteiger charge is 2.48. The molecule has 5 heteroatoms. The van der Waals surface area contributed by atoms with Gasteiger partial charge in [-0.25, -0.2) is 0 Å². The first kappa shape index (κ1) is 20.1. The molecule has 1 aliphatic heterocycles.